The summed E-state index contributed by atoms with van der Waals surface area (Å²) < 4.78 is 1.70. The third-order valence-corrected chi connectivity index (χ3v) is 2.98. The number of hydrogen-bond donors (Lipinski definition) is 1. The lowest BCUT2D eigenvalue weighted by Gasteiger charge is -2.11. The maximum Gasteiger partial charge on any atom is 0.333 e. The number of hydrogen-bond acceptors (Lipinski definition) is 4. The standard InChI is InChI=1S/C11H18N4O2/c1-7(2)14-11(12-6-9-4-5-9)10(15(16)17)8(3)13-14/h7,9,12H,4-6H2,1-3H3. The van der Waals surface area contributed by atoms with Gasteiger partial charge in [0.1, 0.15) is 5.69 Å². The quantitative estimate of drug-likeness (QED) is 0.631. The number of anilines is 1. The molecule has 1 aromatic heterocycles. The van der Waals surface area contributed by atoms with Gasteiger partial charge in [-0.05, 0) is 39.5 Å². The zero-order chi connectivity index (χ0) is 12.6. The van der Waals surface area contributed by atoms with E-state index in [2.05, 4.69) is 10.4 Å². The zero-order valence-corrected chi connectivity index (χ0v) is 10.4. The van der Waals surface area contributed by atoms with E-state index in [4.69, 9.17) is 0 Å². The summed E-state index contributed by atoms with van der Waals surface area (Å²) in [6.07, 6.45) is 2.44. The fourth-order valence-electron chi connectivity index (χ4n) is 1.86. The van der Waals surface area contributed by atoms with Gasteiger partial charge in [-0.1, -0.05) is 0 Å². The minimum absolute atomic E-state index is 0.111. The zero-order valence-electron chi connectivity index (χ0n) is 10.4. The van der Waals surface area contributed by atoms with Crippen LogP contribution in [0.2, 0.25) is 0 Å². The Morgan fingerprint density at radius 2 is 2.24 bits per heavy atom. The summed E-state index contributed by atoms with van der Waals surface area (Å²) in [4.78, 5) is 10.7. The summed E-state index contributed by atoms with van der Waals surface area (Å²) in [5.41, 5.74) is 0.585. The monoisotopic (exact) mass is 238 g/mol. The molecule has 0 spiro atoms. The number of nitrogens with zero attached hydrogens (tertiary/aromatic N) is 3. The second-order valence-corrected chi connectivity index (χ2v) is 4.90. The SMILES string of the molecule is Cc1nn(C(C)C)c(NCC2CC2)c1[N+](=O)[O-]. The van der Waals surface area contributed by atoms with Crippen molar-refractivity contribution in [3.8, 4) is 0 Å². The summed E-state index contributed by atoms with van der Waals surface area (Å²) in [5, 5.41) is 18.5. The molecule has 1 heterocycles. The van der Waals surface area contributed by atoms with Gasteiger partial charge in [0.05, 0.1) is 4.92 Å². The number of aromatic nitrogens is 2. The maximum atomic E-state index is 11.1. The lowest BCUT2D eigenvalue weighted by Crippen LogP contribution is -2.12. The van der Waals surface area contributed by atoms with Crippen molar-refractivity contribution in [2.45, 2.75) is 39.7 Å². The molecular weight excluding hydrogens is 220 g/mol. The molecule has 1 aliphatic rings. The number of rotatable bonds is 5. The summed E-state index contributed by atoms with van der Waals surface area (Å²) >= 11 is 0. The Kier molecular flexibility index (Phi) is 3.04. The maximum absolute atomic E-state index is 11.1. The first-order chi connectivity index (χ1) is 8.00. The van der Waals surface area contributed by atoms with Gasteiger partial charge in [0, 0.05) is 12.6 Å². The molecule has 0 bridgehead atoms. The van der Waals surface area contributed by atoms with E-state index >= 15 is 0 Å². The Morgan fingerprint density at radius 1 is 1.59 bits per heavy atom. The van der Waals surface area contributed by atoms with E-state index in [0.29, 0.717) is 17.4 Å². The molecule has 1 saturated carbocycles. The van der Waals surface area contributed by atoms with Crippen molar-refractivity contribution in [2.24, 2.45) is 5.92 Å². The molecule has 0 aliphatic heterocycles. The van der Waals surface area contributed by atoms with Crippen LogP contribution >= 0.6 is 0 Å². The van der Waals surface area contributed by atoms with Gasteiger partial charge in [-0.25, -0.2) is 4.68 Å². The van der Waals surface area contributed by atoms with Crippen molar-refractivity contribution in [3.05, 3.63) is 15.8 Å². The average molecular weight is 238 g/mol. The number of aryl methyl sites for hydroxylation is 1. The molecule has 1 N–H and O–H groups in total. The minimum atomic E-state index is -0.351. The highest BCUT2D eigenvalue weighted by Gasteiger charge is 2.28. The molecule has 2 rings (SSSR count). The van der Waals surface area contributed by atoms with Crippen molar-refractivity contribution >= 4 is 11.5 Å². The summed E-state index contributed by atoms with van der Waals surface area (Å²) in [6.45, 7) is 6.43. The van der Waals surface area contributed by atoms with Gasteiger partial charge in [0.15, 0.2) is 0 Å². The summed E-state index contributed by atoms with van der Waals surface area (Å²) in [7, 11) is 0. The van der Waals surface area contributed by atoms with Gasteiger partial charge >= 0.3 is 5.69 Å². The van der Waals surface area contributed by atoms with E-state index in [1.165, 1.54) is 12.8 Å². The molecule has 94 valence electrons. The molecule has 1 fully saturated rings. The molecule has 0 atom stereocenters. The van der Waals surface area contributed by atoms with Crippen LogP contribution in [0.1, 0.15) is 38.4 Å². The number of nitro groups is 1. The Labute approximate surface area is 100 Å². The third-order valence-electron chi connectivity index (χ3n) is 2.98. The molecular formula is C11H18N4O2. The van der Waals surface area contributed by atoms with Crippen LogP contribution in [-0.4, -0.2) is 21.2 Å². The minimum Gasteiger partial charge on any atom is -0.364 e. The predicted octanol–water partition coefficient (Wildman–Crippen LogP) is 2.50. The van der Waals surface area contributed by atoms with E-state index in [1.54, 1.807) is 11.6 Å². The van der Waals surface area contributed by atoms with Crippen LogP contribution in [0.5, 0.6) is 0 Å². The Hall–Kier alpha value is -1.59. The highest BCUT2D eigenvalue weighted by atomic mass is 16.6. The molecule has 0 saturated heterocycles. The molecule has 1 aromatic rings. The Morgan fingerprint density at radius 3 is 2.71 bits per heavy atom. The molecule has 17 heavy (non-hydrogen) atoms. The van der Waals surface area contributed by atoms with Crippen LogP contribution < -0.4 is 5.32 Å². The lowest BCUT2D eigenvalue weighted by molar-refractivity contribution is -0.384. The summed E-state index contributed by atoms with van der Waals surface area (Å²) in [6, 6.07) is 0.115. The highest BCUT2D eigenvalue weighted by Crippen LogP contribution is 2.33. The fraction of sp³-hybridized carbons (Fsp3) is 0.727. The normalized spacial score (nSPS) is 15.3. The average Bonchev–Trinajstić information content (AvgIpc) is 2.98. The van der Waals surface area contributed by atoms with Crippen molar-refractivity contribution in [1.29, 1.82) is 0 Å². The highest BCUT2D eigenvalue weighted by molar-refractivity contribution is 5.59. The molecule has 0 unspecified atom stereocenters. The van der Waals surface area contributed by atoms with Crippen LogP contribution in [0.15, 0.2) is 0 Å². The topological polar surface area (TPSA) is 73.0 Å². The van der Waals surface area contributed by atoms with Crippen LogP contribution in [0, 0.1) is 23.0 Å². The second kappa shape index (κ2) is 4.35. The first-order valence-electron chi connectivity index (χ1n) is 5.98. The van der Waals surface area contributed by atoms with E-state index in [-0.39, 0.29) is 16.7 Å². The first kappa shape index (κ1) is 11.9. The van der Waals surface area contributed by atoms with Crippen LogP contribution in [0.3, 0.4) is 0 Å². The van der Waals surface area contributed by atoms with E-state index < -0.39 is 0 Å². The van der Waals surface area contributed by atoms with Crippen LogP contribution in [0.25, 0.3) is 0 Å². The largest absolute Gasteiger partial charge is 0.364 e. The van der Waals surface area contributed by atoms with E-state index in [9.17, 15) is 10.1 Å². The van der Waals surface area contributed by atoms with Gasteiger partial charge in [0.25, 0.3) is 0 Å². The molecule has 0 amide bonds. The third kappa shape index (κ3) is 2.40. The Balaban J connectivity index is 2.31. The Bertz CT molecular complexity index is 435. The lowest BCUT2D eigenvalue weighted by atomic mass is 10.3. The predicted molar refractivity (Wildman–Crippen MR) is 65.2 cm³/mol. The van der Waals surface area contributed by atoms with E-state index in [1.807, 2.05) is 13.8 Å². The van der Waals surface area contributed by atoms with E-state index in [0.717, 1.165) is 6.54 Å². The van der Waals surface area contributed by atoms with Crippen molar-refractivity contribution in [3.63, 3.8) is 0 Å². The molecule has 0 radical (unpaired) electrons. The van der Waals surface area contributed by atoms with Gasteiger partial charge in [-0.15, -0.1) is 0 Å². The molecule has 6 nitrogen and oxygen atoms in total. The van der Waals surface area contributed by atoms with Gasteiger partial charge in [-0.2, -0.15) is 5.10 Å². The molecule has 1 aliphatic carbocycles. The second-order valence-electron chi connectivity index (χ2n) is 4.90. The van der Waals surface area contributed by atoms with Crippen molar-refractivity contribution in [1.82, 2.24) is 9.78 Å². The van der Waals surface area contributed by atoms with Crippen LogP contribution in [-0.2, 0) is 0 Å². The van der Waals surface area contributed by atoms with Gasteiger partial charge in [0.2, 0.25) is 5.82 Å². The van der Waals surface area contributed by atoms with Crippen molar-refractivity contribution < 1.29 is 4.92 Å². The smallest absolute Gasteiger partial charge is 0.333 e. The summed E-state index contributed by atoms with van der Waals surface area (Å²) in [5.74, 6) is 1.22. The molecule has 0 aromatic carbocycles. The van der Waals surface area contributed by atoms with Gasteiger partial charge in [-0.3, -0.25) is 10.1 Å². The number of nitrogens with one attached hydrogen (secondary N) is 1. The fourth-order valence-corrected chi connectivity index (χ4v) is 1.86. The van der Waals surface area contributed by atoms with Crippen molar-refractivity contribution in [2.75, 3.05) is 11.9 Å². The molecule has 6 heteroatoms. The first-order valence-corrected chi connectivity index (χ1v) is 5.98. The van der Waals surface area contributed by atoms with Crippen LogP contribution in [0.4, 0.5) is 11.5 Å². The van der Waals surface area contributed by atoms with Gasteiger partial charge < -0.3 is 5.32 Å².